The maximum absolute atomic E-state index is 12.7. The monoisotopic (exact) mass is 443 g/mol. The molecule has 1 aromatic heterocycles. The number of carbonyl (C=O) groups excluding carboxylic acids is 1. The molecule has 1 spiro atoms. The maximum Gasteiger partial charge on any atom is 0.490 e. The molecule has 4 rings (SSSR count). The van der Waals surface area contributed by atoms with Crippen molar-refractivity contribution in [3.05, 3.63) is 30.1 Å². The van der Waals surface area contributed by atoms with E-state index in [1.54, 1.807) is 12.4 Å². The van der Waals surface area contributed by atoms with E-state index in [4.69, 9.17) is 14.6 Å². The lowest BCUT2D eigenvalue weighted by atomic mass is 9.86. The molecular weight excluding hydrogens is 415 g/mol. The number of hydrogen-bond donors (Lipinski definition) is 1. The number of alkyl halides is 3. The van der Waals surface area contributed by atoms with Crippen LogP contribution >= 0.6 is 0 Å². The van der Waals surface area contributed by atoms with E-state index < -0.39 is 12.1 Å². The van der Waals surface area contributed by atoms with Crippen molar-refractivity contribution >= 4 is 11.9 Å². The topological polar surface area (TPSA) is 83.0 Å². The minimum Gasteiger partial charge on any atom is -0.475 e. The van der Waals surface area contributed by atoms with Crippen molar-refractivity contribution < 1.29 is 32.6 Å². The summed E-state index contributed by atoms with van der Waals surface area (Å²) >= 11 is 0. The summed E-state index contributed by atoms with van der Waals surface area (Å²) in [5.41, 5.74) is 0.571. The third-order valence-electron chi connectivity index (χ3n) is 5.98. The van der Waals surface area contributed by atoms with Crippen LogP contribution in [0, 0.1) is 5.92 Å². The minimum atomic E-state index is -5.08. The molecule has 0 radical (unpaired) electrons. The summed E-state index contributed by atoms with van der Waals surface area (Å²) in [6.45, 7) is 6.07. The average molecular weight is 443 g/mol. The van der Waals surface area contributed by atoms with Gasteiger partial charge in [0.25, 0.3) is 5.91 Å². The van der Waals surface area contributed by atoms with Gasteiger partial charge in [-0.2, -0.15) is 13.2 Å². The molecule has 2 atom stereocenters. The first-order valence-corrected chi connectivity index (χ1v) is 10.5. The van der Waals surface area contributed by atoms with Gasteiger partial charge in [-0.05, 0) is 63.2 Å². The Morgan fingerprint density at radius 2 is 1.94 bits per heavy atom. The third-order valence-corrected chi connectivity index (χ3v) is 5.98. The highest BCUT2D eigenvalue weighted by Gasteiger charge is 2.45. The van der Waals surface area contributed by atoms with Crippen molar-refractivity contribution in [3.63, 3.8) is 0 Å². The molecule has 7 nitrogen and oxygen atoms in total. The Morgan fingerprint density at radius 1 is 1.23 bits per heavy atom. The van der Waals surface area contributed by atoms with E-state index in [-0.39, 0.29) is 11.5 Å². The normalized spacial score (nSPS) is 26.5. The number of carbonyl (C=O) groups is 2. The average Bonchev–Trinajstić information content (AvgIpc) is 3.38. The smallest absolute Gasteiger partial charge is 0.475 e. The number of hydrogen-bond acceptors (Lipinski definition) is 5. The van der Waals surface area contributed by atoms with Crippen molar-refractivity contribution in [1.82, 2.24) is 14.8 Å². The molecule has 0 aromatic carbocycles. The lowest BCUT2D eigenvalue weighted by Gasteiger charge is -2.40. The number of nitrogens with zero attached hydrogens (tertiary/aromatic N) is 3. The van der Waals surface area contributed by atoms with Crippen LogP contribution in [0.25, 0.3) is 0 Å². The summed E-state index contributed by atoms with van der Waals surface area (Å²) in [6, 6.07) is 3.67. The molecule has 31 heavy (non-hydrogen) atoms. The van der Waals surface area contributed by atoms with Crippen molar-refractivity contribution in [2.75, 3.05) is 39.3 Å². The summed E-state index contributed by atoms with van der Waals surface area (Å²) in [5, 5.41) is 7.12. The Balaban J connectivity index is 0.000000339. The number of aliphatic carboxylic acids is 1. The van der Waals surface area contributed by atoms with E-state index >= 15 is 0 Å². The van der Waals surface area contributed by atoms with Crippen LogP contribution in [-0.2, 0) is 9.53 Å². The Bertz CT molecular complexity index is 756. The lowest BCUT2D eigenvalue weighted by Crippen LogP contribution is -2.50. The molecular formula is C21H28F3N3O4. The third kappa shape index (κ3) is 6.39. The number of piperidine rings is 1. The molecule has 1 N–H and O–H groups in total. The molecule has 1 amide bonds. The van der Waals surface area contributed by atoms with E-state index in [0.717, 1.165) is 45.5 Å². The predicted molar refractivity (Wildman–Crippen MR) is 106 cm³/mol. The number of carboxylic acid groups (broad SMARTS) is 1. The first kappa shape index (κ1) is 23.5. The van der Waals surface area contributed by atoms with Gasteiger partial charge >= 0.3 is 12.1 Å². The number of rotatable bonds is 3. The quantitative estimate of drug-likeness (QED) is 0.774. The second kappa shape index (κ2) is 9.95. The second-order valence-corrected chi connectivity index (χ2v) is 8.45. The highest BCUT2D eigenvalue weighted by molar-refractivity contribution is 5.94. The van der Waals surface area contributed by atoms with Gasteiger partial charge in [-0.15, -0.1) is 0 Å². The molecule has 10 heteroatoms. The van der Waals surface area contributed by atoms with Crippen LogP contribution in [-0.4, -0.2) is 82.9 Å². The van der Waals surface area contributed by atoms with Crippen LogP contribution in [0.4, 0.5) is 13.2 Å². The summed E-state index contributed by atoms with van der Waals surface area (Å²) in [7, 11) is 0. The number of likely N-dealkylation sites (tertiary alicyclic amines) is 2. The van der Waals surface area contributed by atoms with Gasteiger partial charge < -0.3 is 19.6 Å². The van der Waals surface area contributed by atoms with E-state index in [0.29, 0.717) is 11.5 Å². The van der Waals surface area contributed by atoms with Gasteiger partial charge in [0.2, 0.25) is 0 Å². The Hall–Kier alpha value is -2.20. The van der Waals surface area contributed by atoms with Crippen LogP contribution in [0.1, 0.15) is 42.5 Å². The molecule has 172 valence electrons. The Morgan fingerprint density at radius 3 is 2.55 bits per heavy atom. The number of amides is 1. The van der Waals surface area contributed by atoms with E-state index in [1.807, 2.05) is 17.0 Å². The van der Waals surface area contributed by atoms with Gasteiger partial charge in [0, 0.05) is 32.0 Å². The van der Waals surface area contributed by atoms with Crippen molar-refractivity contribution in [2.24, 2.45) is 5.92 Å². The van der Waals surface area contributed by atoms with Gasteiger partial charge in [-0.1, -0.05) is 0 Å². The van der Waals surface area contributed by atoms with Gasteiger partial charge in [-0.3, -0.25) is 9.78 Å². The lowest BCUT2D eigenvalue weighted by molar-refractivity contribution is -0.192. The number of pyridine rings is 1. The fraction of sp³-hybridized carbons (Fsp3) is 0.667. The number of aromatic nitrogens is 1. The van der Waals surface area contributed by atoms with E-state index in [1.165, 1.54) is 25.9 Å². The Kier molecular flexibility index (Phi) is 7.53. The zero-order valence-corrected chi connectivity index (χ0v) is 17.3. The molecule has 3 aliphatic heterocycles. The number of carboxylic acids is 1. The Labute approximate surface area is 179 Å². The molecule has 2 unspecified atom stereocenters. The van der Waals surface area contributed by atoms with Crippen molar-refractivity contribution in [3.8, 4) is 0 Å². The zero-order chi connectivity index (χ0) is 22.5. The molecule has 3 fully saturated rings. The first-order chi connectivity index (χ1) is 14.7. The fourth-order valence-electron chi connectivity index (χ4n) is 4.61. The molecule has 1 aromatic rings. The SMILES string of the molecule is O=C(O)C(F)(F)F.O=C(c1cccnc1)N1CCCC2(CC(CN3CCCC3)CO2)C1. The van der Waals surface area contributed by atoms with E-state index in [2.05, 4.69) is 9.88 Å². The summed E-state index contributed by atoms with van der Waals surface area (Å²) in [4.78, 5) is 30.2. The number of ether oxygens (including phenoxy) is 1. The van der Waals surface area contributed by atoms with Crippen LogP contribution in [0.5, 0.6) is 0 Å². The summed E-state index contributed by atoms with van der Waals surface area (Å²) in [5.74, 6) is -2.04. The van der Waals surface area contributed by atoms with Crippen LogP contribution in [0.15, 0.2) is 24.5 Å². The molecule has 0 saturated carbocycles. The standard InChI is InChI=1S/C19H27N3O2.C2HF3O2/c23-18(17-5-3-7-20-12-17)22-10-4-6-19(15-22)11-16(14-24-19)13-21-8-1-2-9-21;3-2(4,5)1(6)7/h3,5,7,12,16H,1-2,4,6,8-11,13-15H2;(H,6,7). The number of halogens is 3. The zero-order valence-electron chi connectivity index (χ0n) is 17.3. The molecule has 4 heterocycles. The molecule has 3 saturated heterocycles. The van der Waals surface area contributed by atoms with Gasteiger partial charge in [0.15, 0.2) is 0 Å². The highest BCUT2D eigenvalue weighted by Crippen LogP contribution is 2.38. The van der Waals surface area contributed by atoms with Gasteiger partial charge in [-0.25, -0.2) is 4.79 Å². The van der Waals surface area contributed by atoms with Crippen LogP contribution < -0.4 is 0 Å². The molecule has 0 aliphatic carbocycles. The van der Waals surface area contributed by atoms with E-state index in [9.17, 15) is 18.0 Å². The van der Waals surface area contributed by atoms with Crippen molar-refractivity contribution in [1.29, 1.82) is 0 Å². The fourth-order valence-corrected chi connectivity index (χ4v) is 4.61. The predicted octanol–water partition coefficient (Wildman–Crippen LogP) is 2.82. The van der Waals surface area contributed by atoms with Gasteiger partial charge in [0.1, 0.15) is 0 Å². The largest absolute Gasteiger partial charge is 0.490 e. The van der Waals surface area contributed by atoms with Crippen LogP contribution in [0.3, 0.4) is 0 Å². The minimum absolute atomic E-state index is 0.0915. The maximum atomic E-state index is 12.7. The van der Waals surface area contributed by atoms with Gasteiger partial charge in [0.05, 0.1) is 17.8 Å². The molecule has 0 bridgehead atoms. The summed E-state index contributed by atoms with van der Waals surface area (Å²) in [6.07, 6.45) is 4.17. The van der Waals surface area contributed by atoms with Crippen molar-refractivity contribution in [2.45, 2.75) is 43.9 Å². The van der Waals surface area contributed by atoms with Crippen LogP contribution in [0.2, 0.25) is 0 Å². The second-order valence-electron chi connectivity index (χ2n) is 8.45. The highest BCUT2D eigenvalue weighted by atomic mass is 19.4. The first-order valence-electron chi connectivity index (χ1n) is 10.5. The summed E-state index contributed by atoms with van der Waals surface area (Å²) < 4.78 is 38.0. The molecule has 3 aliphatic rings.